The van der Waals surface area contributed by atoms with Gasteiger partial charge in [0.25, 0.3) is 0 Å². The number of nitrogens with zero attached hydrogens (tertiary/aromatic N) is 2. The van der Waals surface area contributed by atoms with Crippen LogP contribution in [-0.4, -0.2) is 14.9 Å². The lowest BCUT2D eigenvalue weighted by Crippen LogP contribution is -2.24. The van der Waals surface area contributed by atoms with Crippen molar-refractivity contribution in [3.8, 4) is 17.0 Å². The Hall–Kier alpha value is -1.98. The molecule has 0 unspecified atom stereocenters. The molecule has 0 aliphatic heterocycles. The molecule has 3 nitrogen and oxygen atoms in total. The van der Waals surface area contributed by atoms with E-state index in [1.165, 1.54) is 16.8 Å². The number of benzene rings is 1. The van der Waals surface area contributed by atoms with Gasteiger partial charge in [0.1, 0.15) is 5.75 Å². The molecule has 1 heterocycles. The van der Waals surface area contributed by atoms with Crippen LogP contribution in [0.25, 0.3) is 11.3 Å². The van der Waals surface area contributed by atoms with Crippen molar-refractivity contribution in [2.75, 3.05) is 0 Å². The second kappa shape index (κ2) is 4.54. The van der Waals surface area contributed by atoms with Gasteiger partial charge in [-0.2, -0.15) is 18.3 Å². The largest absolute Gasteiger partial charge is 0.508 e. The van der Waals surface area contributed by atoms with Crippen molar-refractivity contribution in [2.45, 2.75) is 32.5 Å². The van der Waals surface area contributed by atoms with Gasteiger partial charge in [0, 0.05) is 5.56 Å². The Balaban J connectivity index is 2.62. The van der Waals surface area contributed by atoms with E-state index in [-0.39, 0.29) is 5.75 Å². The molecule has 2 aromatic rings. The number of hydrogen-bond donors (Lipinski definition) is 1. The Morgan fingerprint density at radius 1 is 1.05 bits per heavy atom. The number of phenols is 1. The highest BCUT2D eigenvalue weighted by Gasteiger charge is 2.36. The van der Waals surface area contributed by atoms with Crippen LogP contribution < -0.4 is 0 Å². The van der Waals surface area contributed by atoms with Crippen molar-refractivity contribution in [2.24, 2.45) is 0 Å². The van der Waals surface area contributed by atoms with E-state index in [0.717, 1.165) is 6.07 Å². The average molecular weight is 284 g/mol. The van der Waals surface area contributed by atoms with E-state index in [9.17, 15) is 18.3 Å². The summed E-state index contributed by atoms with van der Waals surface area (Å²) in [7, 11) is 0. The molecule has 0 spiro atoms. The highest BCUT2D eigenvalue weighted by Crippen LogP contribution is 2.34. The summed E-state index contributed by atoms with van der Waals surface area (Å²) in [6, 6.07) is 7.02. The van der Waals surface area contributed by atoms with Crippen LogP contribution in [0.1, 0.15) is 26.5 Å². The number of aromatic nitrogens is 2. The van der Waals surface area contributed by atoms with Gasteiger partial charge in [0.15, 0.2) is 5.69 Å². The molecular weight excluding hydrogens is 269 g/mol. The third kappa shape index (κ3) is 2.79. The summed E-state index contributed by atoms with van der Waals surface area (Å²) in [6.45, 7) is 5.35. The van der Waals surface area contributed by atoms with Crippen molar-refractivity contribution < 1.29 is 18.3 Å². The highest BCUT2D eigenvalue weighted by atomic mass is 19.4. The number of hydrogen-bond acceptors (Lipinski definition) is 2. The van der Waals surface area contributed by atoms with Crippen LogP contribution in [0.2, 0.25) is 0 Å². The summed E-state index contributed by atoms with van der Waals surface area (Å²) in [5.74, 6) is 0.0617. The topological polar surface area (TPSA) is 38.0 Å². The molecule has 20 heavy (non-hydrogen) atoms. The maximum atomic E-state index is 12.8. The summed E-state index contributed by atoms with van der Waals surface area (Å²) in [4.78, 5) is 0. The van der Waals surface area contributed by atoms with Crippen molar-refractivity contribution in [1.82, 2.24) is 9.78 Å². The standard InChI is InChI=1S/C14H15F3N2O/c1-13(2,3)19-11(8-12(18-19)14(15,16)17)9-4-6-10(20)7-5-9/h4-8,20H,1-3H3. The van der Waals surface area contributed by atoms with E-state index in [1.807, 2.05) is 0 Å². The quantitative estimate of drug-likeness (QED) is 0.858. The molecule has 0 bridgehead atoms. The van der Waals surface area contributed by atoms with Gasteiger partial charge in [-0.1, -0.05) is 0 Å². The van der Waals surface area contributed by atoms with Gasteiger partial charge in [0.05, 0.1) is 11.2 Å². The molecule has 0 aliphatic rings. The highest BCUT2D eigenvalue weighted by molar-refractivity contribution is 5.61. The van der Waals surface area contributed by atoms with Crippen molar-refractivity contribution in [3.05, 3.63) is 36.0 Å². The van der Waals surface area contributed by atoms with Crippen LogP contribution in [-0.2, 0) is 11.7 Å². The van der Waals surface area contributed by atoms with E-state index in [4.69, 9.17) is 0 Å². The molecule has 1 N–H and O–H groups in total. The van der Waals surface area contributed by atoms with Crippen molar-refractivity contribution >= 4 is 0 Å². The number of phenolic OH excluding ortho intramolecular Hbond substituents is 1. The van der Waals surface area contributed by atoms with Gasteiger partial charge >= 0.3 is 6.18 Å². The monoisotopic (exact) mass is 284 g/mol. The molecular formula is C14H15F3N2O. The van der Waals surface area contributed by atoms with Crippen LogP contribution in [0.4, 0.5) is 13.2 Å². The summed E-state index contributed by atoms with van der Waals surface area (Å²) in [5, 5.41) is 12.9. The normalized spacial score (nSPS) is 12.7. The average Bonchev–Trinajstić information content (AvgIpc) is 2.74. The SMILES string of the molecule is CC(C)(C)n1nc(C(F)(F)F)cc1-c1ccc(O)cc1. The zero-order chi connectivity index (χ0) is 15.1. The lowest BCUT2D eigenvalue weighted by Gasteiger charge is -2.22. The van der Waals surface area contributed by atoms with Crippen LogP contribution in [0.15, 0.2) is 30.3 Å². The van der Waals surface area contributed by atoms with E-state index < -0.39 is 17.4 Å². The van der Waals surface area contributed by atoms with Crippen LogP contribution in [0, 0.1) is 0 Å². The van der Waals surface area contributed by atoms with Crippen LogP contribution >= 0.6 is 0 Å². The Labute approximate surface area is 114 Å². The maximum absolute atomic E-state index is 12.8. The smallest absolute Gasteiger partial charge is 0.435 e. The van der Waals surface area contributed by atoms with Crippen LogP contribution in [0.3, 0.4) is 0 Å². The molecule has 108 valence electrons. The molecule has 0 fully saturated rings. The second-order valence-electron chi connectivity index (χ2n) is 5.54. The first-order valence-corrected chi connectivity index (χ1v) is 6.06. The Morgan fingerprint density at radius 2 is 1.60 bits per heavy atom. The first-order valence-electron chi connectivity index (χ1n) is 6.06. The zero-order valence-corrected chi connectivity index (χ0v) is 11.4. The Morgan fingerprint density at radius 3 is 2.05 bits per heavy atom. The Bertz CT molecular complexity index is 607. The molecule has 1 aromatic heterocycles. The first-order chi connectivity index (χ1) is 9.09. The molecule has 1 aromatic carbocycles. The van der Waals surface area contributed by atoms with E-state index in [1.54, 1.807) is 32.9 Å². The van der Waals surface area contributed by atoms with Gasteiger partial charge < -0.3 is 5.11 Å². The fraction of sp³-hybridized carbons (Fsp3) is 0.357. The number of halogens is 3. The van der Waals surface area contributed by atoms with Gasteiger partial charge in [-0.25, -0.2) is 0 Å². The maximum Gasteiger partial charge on any atom is 0.435 e. The third-order valence-electron chi connectivity index (χ3n) is 2.80. The van der Waals surface area contributed by atoms with E-state index in [2.05, 4.69) is 5.10 Å². The van der Waals surface area contributed by atoms with Crippen molar-refractivity contribution in [1.29, 1.82) is 0 Å². The lowest BCUT2D eigenvalue weighted by atomic mass is 10.1. The molecule has 0 amide bonds. The minimum atomic E-state index is -4.48. The minimum absolute atomic E-state index is 0.0617. The van der Waals surface area contributed by atoms with Gasteiger partial charge in [-0.05, 0) is 51.1 Å². The third-order valence-corrected chi connectivity index (χ3v) is 2.80. The minimum Gasteiger partial charge on any atom is -0.508 e. The molecule has 0 aliphatic carbocycles. The lowest BCUT2D eigenvalue weighted by molar-refractivity contribution is -0.141. The summed E-state index contributed by atoms with van der Waals surface area (Å²) >= 11 is 0. The molecule has 0 radical (unpaired) electrons. The predicted molar refractivity (Wildman–Crippen MR) is 69.3 cm³/mol. The van der Waals surface area contributed by atoms with E-state index >= 15 is 0 Å². The molecule has 2 rings (SSSR count). The second-order valence-corrected chi connectivity index (χ2v) is 5.54. The summed E-state index contributed by atoms with van der Waals surface area (Å²) < 4.78 is 39.8. The number of aromatic hydroxyl groups is 1. The fourth-order valence-electron chi connectivity index (χ4n) is 1.87. The first kappa shape index (κ1) is 14.4. The van der Waals surface area contributed by atoms with Gasteiger partial charge in [-0.15, -0.1) is 0 Å². The fourth-order valence-corrected chi connectivity index (χ4v) is 1.87. The molecule has 6 heteroatoms. The van der Waals surface area contributed by atoms with Gasteiger partial charge in [-0.3, -0.25) is 4.68 Å². The summed E-state index contributed by atoms with van der Waals surface area (Å²) in [5.41, 5.74) is -0.572. The van der Waals surface area contributed by atoms with Crippen LogP contribution in [0.5, 0.6) is 5.75 Å². The molecule has 0 atom stereocenters. The van der Waals surface area contributed by atoms with E-state index in [0.29, 0.717) is 11.3 Å². The number of alkyl halides is 3. The summed E-state index contributed by atoms with van der Waals surface area (Å²) in [6.07, 6.45) is -4.48. The zero-order valence-electron chi connectivity index (χ0n) is 11.4. The molecule has 0 saturated carbocycles. The van der Waals surface area contributed by atoms with Gasteiger partial charge in [0.2, 0.25) is 0 Å². The Kier molecular flexibility index (Phi) is 3.28. The number of rotatable bonds is 1. The predicted octanol–water partition coefficient (Wildman–Crippen LogP) is 4.03. The van der Waals surface area contributed by atoms with Crippen molar-refractivity contribution in [3.63, 3.8) is 0 Å². The molecule has 0 saturated heterocycles.